The van der Waals surface area contributed by atoms with E-state index in [0.29, 0.717) is 32.3 Å². The van der Waals surface area contributed by atoms with Crippen molar-refractivity contribution in [2.45, 2.75) is 57.2 Å². The molecule has 0 aliphatic heterocycles. The SMILES string of the molecule is COCCc1cccc(CC(O)C=C[C@H]2[C@H](O)CC(=O)[C@@H]2CC=CCCCC(=O)O)c1. The number of ether oxygens (including phenoxy) is 1. The fraction of sp³-hybridized carbons (Fsp3) is 0.520. The Morgan fingerprint density at radius 3 is 2.81 bits per heavy atom. The van der Waals surface area contributed by atoms with Gasteiger partial charge in [0.05, 0.1) is 18.8 Å². The Kier molecular flexibility index (Phi) is 10.6. The number of ketones is 1. The van der Waals surface area contributed by atoms with Crippen LogP contribution >= 0.6 is 0 Å². The first kappa shape index (κ1) is 25.0. The Balaban J connectivity index is 1.90. The summed E-state index contributed by atoms with van der Waals surface area (Å²) in [5, 5.41) is 29.4. The van der Waals surface area contributed by atoms with E-state index in [4.69, 9.17) is 9.84 Å². The summed E-state index contributed by atoms with van der Waals surface area (Å²) in [5.74, 6) is -1.42. The van der Waals surface area contributed by atoms with Gasteiger partial charge in [0.25, 0.3) is 0 Å². The largest absolute Gasteiger partial charge is 0.481 e. The lowest BCUT2D eigenvalue weighted by molar-refractivity contribution is -0.137. The zero-order chi connectivity index (χ0) is 22.6. The summed E-state index contributed by atoms with van der Waals surface area (Å²) in [7, 11) is 1.67. The molecule has 0 radical (unpaired) electrons. The monoisotopic (exact) mass is 430 g/mol. The van der Waals surface area contributed by atoms with Crippen LogP contribution in [0.25, 0.3) is 0 Å². The molecule has 1 aliphatic rings. The maximum absolute atomic E-state index is 12.3. The van der Waals surface area contributed by atoms with Gasteiger partial charge < -0.3 is 20.1 Å². The number of allylic oxidation sites excluding steroid dienone is 2. The number of carboxylic acid groups (broad SMARTS) is 1. The summed E-state index contributed by atoms with van der Waals surface area (Å²) in [5.41, 5.74) is 2.18. The van der Waals surface area contributed by atoms with Crippen LogP contribution in [0.3, 0.4) is 0 Å². The van der Waals surface area contributed by atoms with Crippen molar-refractivity contribution in [1.82, 2.24) is 0 Å². The van der Waals surface area contributed by atoms with Crippen LogP contribution in [0, 0.1) is 11.8 Å². The molecule has 6 heteroatoms. The number of carbonyl (C=O) groups is 2. The summed E-state index contributed by atoms with van der Waals surface area (Å²) in [4.78, 5) is 22.8. The summed E-state index contributed by atoms with van der Waals surface area (Å²) in [6, 6.07) is 8.03. The molecule has 0 bridgehead atoms. The third kappa shape index (κ3) is 8.77. The molecule has 1 saturated carbocycles. The first-order chi connectivity index (χ1) is 14.9. The average molecular weight is 431 g/mol. The minimum Gasteiger partial charge on any atom is -0.481 e. The highest BCUT2D eigenvalue weighted by Crippen LogP contribution is 2.33. The van der Waals surface area contributed by atoms with E-state index in [-0.39, 0.29) is 30.5 Å². The van der Waals surface area contributed by atoms with Gasteiger partial charge in [-0.1, -0.05) is 48.6 Å². The van der Waals surface area contributed by atoms with Crippen LogP contribution in [0.1, 0.15) is 43.2 Å². The summed E-state index contributed by atoms with van der Waals surface area (Å²) < 4.78 is 5.11. The molecule has 1 fully saturated rings. The van der Waals surface area contributed by atoms with Gasteiger partial charge in [0.2, 0.25) is 0 Å². The first-order valence-electron chi connectivity index (χ1n) is 10.9. The quantitative estimate of drug-likeness (QED) is 0.328. The van der Waals surface area contributed by atoms with E-state index in [1.807, 2.05) is 30.4 Å². The molecule has 31 heavy (non-hydrogen) atoms. The molecule has 0 spiro atoms. The minimum atomic E-state index is -0.812. The van der Waals surface area contributed by atoms with E-state index in [1.54, 1.807) is 19.3 Å². The predicted molar refractivity (Wildman–Crippen MR) is 119 cm³/mol. The molecule has 1 aromatic rings. The smallest absolute Gasteiger partial charge is 0.303 e. The van der Waals surface area contributed by atoms with Crippen molar-refractivity contribution in [2.24, 2.45) is 11.8 Å². The van der Waals surface area contributed by atoms with E-state index in [1.165, 1.54) is 0 Å². The highest BCUT2D eigenvalue weighted by atomic mass is 16.5. The number of methoxy groups -OCH3 is 1. The first-order valence-corrected chi connectivity index (χ1v) is 10.9. The number of carboxylic acids is 1. The maximum atomic E-state index is 12.3. The van der Waals surface area contributed by atoms with Crippen molar-refractivity contribution in [3.63, 3.8) is 0 Å². The molecule has 0 heterocycles. The summed E-state index contributed by atoms with van der Waals surface area (Å²) >= 11 is 0. The summed E-state index contributed by atoms with van der Waals surface area (Å²) in [6.45, 7) is 0.648. The molecular weight excluding hydrogens is 396 g/mol. The molecule has 1 unspecified atom stereocenters. The number of aliphatic hydroxyl groups is 2. The number of unbranched alkanes of at least 4 members (excludes halogenated alkanes) is 1. The second kappa shape index (κ2) is 13.2. The Labute approximate surface area is 184 Å². The number of aliphatic carboxylic acids is 1. The molecular formula is C25H34O6. The van der Waals surface area contributed by atoms with Crippen LogP contribution in [0.4, 0.5) is 0 Å². The van der Waals surface area contributed by atoms with Gasteiger partial charge in [-0.3, -0.25) is 9.59 Å². The molecule has 1 aromatic carbocycles. The van der Waals surface area contributed by atoms with Crippen LogP contribution in [0.5, 0.6) is 0 Å². The molecule has 4 atom stereocenters. The number of carbonyl (C=O) groups excluding carboxylic acids is 1. The fourth-order valence-corrected chi connectivity index (χ4v) is 3.96. The second-order valence-electron chi connectivity index (χ2n) is 8.13. The molecule has 0 amide bonds. The van der Waals surface area contributed by atoms with Crippen molar-refractivity contribution in [3.05, 3.63) is 59.7 Å². The van der Waals surface area contributed by atoms with E-state index in [0.717, 1.165) is 17.5 Å². The third-order valence-corrected chi connectivity index (χ3v) is 5.64. The highest BCUT2D eigenvalue weighted by molar-refractivity contribution is 5.84. The van der Waals surface area contributed by atoms with Gasteiger partial charge in [0, 0.05) is 38.2 Å². The third-order valence-electron chi connectivity index (χ3n) is 5.64. The Morgan fingerprint density at radius 2 is 2.06 bits per heavy atom. The number of aliphatic hydroxyl groups excluding tert-OH is 2. The molecule has 0 aromatic heterocycles. The van der Waals surface area contributed by atoms with Crippen molar-refractivity contribution in [1.29, 1.82) is 0 Å². The molecule has 1 aliphatic carbocycles. The number of Topliss-reactive ketones (excluding diaryl/α,β-unsaturated/α-hetero) is 1. The van der Waals surface area contributed by atoms with Gasteiger partial charge in [0.1, 0.15) is 5.78 Å². The Hall–Kier alpha value is -2.28. The minimum absolute atomic E-state index is 0.0256. The van der Waals surface area contributed by atoms with E-state index < -0.39 is 18.2 Å². The predicted octanol–water partition coefficient (Wildman–Crippen LogP) is 3.10. The lowest BCUT2D eigenvalue weighted by atomic mass is 9.90. The van der Waals surface area contributed by atoms with Gasteiger partial charge in [-0.2, -0.15) is 0 Å². The van der Waals surface area contributed by atoms with Crippen LogP contribution in [-0.2, 0) is 27.2 Å². The van der Waals surface area contributed by atoms with E-state index in [2.05, 4.69) is 6.07 Å². The van der Waals surface area contributed by atoms with Crippen molar-refractivity contribution >= 4 is 11.8 Å². The van der Waals surface area contributed by atoms with Crippen LogP contribution < -0.4 is 0 Å². The van der Waals surface area contributed by atoms with Gasteiger partial charge >= 0.3 is 5.97 Å². The Morgan fingerprint density at radius 1 is 1.29 bits per heavy atom. The second-order valence-corrected chi connectivity index (χ2v) is 8.13. The maximum Gasteiger partial charge on any atom is 0.303 e. The van der Waals surface area contributed by atoms with Crippen LogP contribution in [0.15, 0.2) is 48.6 Å². The fourth-order valence-electron chi connectivity index (χ4n) is 3.96. The Bertz CT molecular complexity index is 769. The lowest BCUT2D eigenvalue weighted by Gasteiger charge is -2.17. The molecule has 0 saturated heterocycles. The number of benzene rings is 1. The molecule has 170 valence electrons. The van der Waals surface area contributed by atoms with E-state index in [9.17, 15) is 19.8 Å². The molecule has 2 rings (SSSR count). The zero-order valence-corrected chi connectivity index (χ0v) is 18.2. The zero-order valence-electron chi connectivity index (χ0n) is 18.2. The van der Waals surface area contributed by atoms with Crippen LogP contribution in [-0.4, -0.2) is 53.0 Å². The summed E-state index contributed by atoms with van der Waals surface area (Å²) in [6.07, 6.45) is 9.07. The van der Waals surface area contributed by atoms with Gasteiger partial charge in [-0.05, 0) is 36.8 Å². The normalized spacial score (nSPS) is 22.5. The van der Waals surface area contributed by atoms with Gasteiger partial charge in [-0.15, -0.1) is 0 Å². The van der Waals surface area contributed by atoms with Gasteiger partial charge in [0.15, 0.2) is 0 Å². The van der Waals surface area contributed by atoms with Crippen LogP contribution in [0.2, 0.25) is 0 Å². The topological polar surface area (TPSA) is 104 Å². The number of hydrogen-bond donors (Lipinski definition) is 3. The highest BCUT2D eigenvalue weighted by Gasteiger charge is 2.39. The van der Waals surface area contributed by atoms with Gasteiger partial charge in [-0.25, -0.2) is 0 Å². The average Bonchev–Trinajstić information content (AvgIpc) is 2.99. The van der Waals surface area contributed by atoms with Crippen molar-refractivity contribution < 1.29 is 29.6 Å². The standard InChI is InChI=1S/C25H34O6/c1-31-14-13-18-7-6-8-19(15-18)16-20(26)11-12-22-21(23(27)17-24(22)28)9-4-2-3-5-10-25(29)30/h2,4,6-8,11-12,15,20-22,24,26,28H,3,5,9-10,13-14,16-17H2,1H3,(H,29,30)/t20?,21-,22-,24-/m1/s1. The van der Waals surface area contributed by atoms with E-state index >= 15 is 0 Å². The molecule has 3 N–H and O–H groups in total. The van der Waals surface area contributed by atoms with Crippen molar-refractivity contribution in [2.75, 3.05) is 13.7 Å². The lowest BCUT2D eigenvalue weighted by Crippen LogP contribution is -2.19. The number of rotatable bonds is 13. The molecule has 6 nitrogen and oxygen atoms in total. The number of hydrogen-bond acceptors (Lipinski definition) is 5. The van der Waals surface area contributed by atoms with Crippen molar-refractivity contribution in [3.8, 4) is 0 Å².